The van der Waals surface area contributed by atoms with Gasteiger partial charge in [-0.3, -0.25) is 4.79 Å². The van der Waals surface area contributed by atoms with Crippen molar-refractivity contribution in [2.24, 2.45) is 5.92 Å². The number of benzene rings is 1. The third-order valence-corrected chi connectivity index (χ3v) is 3.94. The molecule has 0 saturated carbocycles. The average molecular weight is 269 g/mol. The molecule has 0 fully saturated rings. The summed E-state index contributed by atoms with van der Waals surface area (Å²) < 4.78 is 1.04. The van der Waals surface area contributed by atoms with Crippen LogP contribution in [0.2, 0.25) is 0 Å². The van der Waals surface area contributed by atoms with E-state index in [0.29, 0.717) is 0 Å². The molecule has 2 rings (SSSR count). The Morgan fingerprint density at radius 1 is 1.53 bits per heavy atom. The largest absolute Gasteiger partial charge is 0.481 e. The van der Waals surface area contributed by atoms with E-state index in [4.69, 9.17) is 5.11 Å². The highest BCUT2D eigenvalue weighted by molar-refractivity contribution is 9.10. The highest BCUT2D eigenvalue weighted by Gasteiger charge is 2.32. The Balaban J connectivity index is 2.45. The van der Waals surface area contributed by atoms with Crippen LogP contribution < -0.4 is 0 Å². The molecule has 0 radical (unpaired) electrons. The number of rotatable bonds is 1. The van der Waals surface area contributed by atoms with Gasteiger partial charge in [0.05, 0.1) is 5.92 Å². The maximum Gasteiger partial charge on any atom is 0.307 e. The van der Waals surface area contributed by atoms with Crippen LogP contribution in [-0.4, -0.2) is 11.1 Å². The molecule has 2 nitrogen and oxygen atoms in total. The van der Waals surface area contributed by atoms with Gasteiger partial charge in [0.15, 0.2) is 0 Å². The zero-order valence-corrected chi connectivity index (χ0v) is 10.1. The summed E-state index contributed by atoms with van der Waals surface area (Å²) >= 11 is 3.51. The molecule has 0 amide bonds. The molecule has 0 aliphatic heterocycles. The van der Waals surface area contributed by atoms with E-state index >= 15 is 0 Å². The maximum atomic E-state index is 11.1. The van der Waals surface area contributed by atoms with Crippen molar-refractivity contribution in [2.75, 3.05) is 0 Å². The van der Waals surface area contributed by atoms with E-state index in [0.717, 1.165) is 17.3 Å². The molecule has 0 bridgehead atoms. The maximum absolute atomic E-state index is 11.1. The summed E-state index contributed by atoms with van der Waals surface area (Å²) in [6, 6.07) is 6.09. The van der Waals surface area contributed by atoms with E-state index in [1.54, 1.807) is 0 Å². The molecule has 80 valence electrons. The van der Waals surface area contributed by atoms with Crippen molar-refractivity contribution in [3.05, 3.63) is 33.8 Å². The molecule has 0 aromatic heterocycles. The molecule has 0 saturated heterocycles. The number of carbonyl (C=O) groups is 1. The first-order valence-electron chi connectivity index (χ1n) is 5.11. The minimum Gasteiger partial charge on any atom is -0.481 e. The summed E-state index contributed by atoms with van der Waals surface area (Å²) in [5.41, 5.74) is 2.46. The summed E-state index contributed by atoms with van der Waals surface area (Å²) in [5, 5.41) is 9.11. The number of aryl methyl sites for hydroxylation is 1. The highest BCUT2D eigenvalue weighted by Crippen LogP contribution is 2.39. The third kappa shape index (κ3) is 1.81. The predicted molar refractivity (Wildman–Crippen MR) is 62.0 cm³/mol. The van der Waals surface area contributed by atoms with Gasteiger partial charge in [0.1, 0.15) is 0 Å². The van der Waals surface area contributed by atoms with Gasteiger partial charge in [0, 0.05) is 4.47 Å². The number of halogens is 1. The lowest BCUT2D eigenvalue weighted by Crippen LogP contribution is -2.26. The average Bonchev–Trinajstić information content (AvgIpc) is 2.17. The molecule has 1 aromatic rings. The van der Waals surface area contributed by atoms with Crippen LogP contribution in [0.25, 0.3) is 0 Å². The zero-order chi connectivity index (χ0) is 11.0. The van der Waals surface area contributed by atoms with Crippen LogP contribution in [-0.2, 0) is 11.2 Å². The van der Waals surface area contributed by atoms with Crippen molar-refractivity contribution in [3.63, 3.8) is 0 Å². The summed E-state index contributed by atoms with van der Waals surface area (Å²) in [7, 11) is 0. The lowest BCUT2D eigenvalue weighted by Gasteiger charge is -2.29. The Labute approximate surface area is 97.4 Å². The Bertz CT molecular complexity index is 401. The van der Waals surface area contributed by atoms with Crippen LogP contribution in [0.3, 0.4) is 0 Å². The first-order chi connectivity index (χ1) is 7.11. The van der Waals surface area contributed by atoms with Crippen molar-refractivity contribution in [3.8, 4) is 0 Å². The molecule has 3 heteroatoms. The molecule has 15 heavy (non-hydrogen) atoms. The van der Waals surface area contributed by atoms with Gasteiger partial charge in [-0.2, -0.15) is 0 Å². The molecule has 0 spiro atoms. The van der Waals surface area contributed by atoms with Crippen LogP contribution in [0, 0.1) is 5.92 Å². The third-order valence-electron chi connectivity index (χ3n) is 3.24. The number of hydrogen-bond acceptors (Lipinski definition) is 1. The molecular formula is C12H13BrO2. The Morgan fingerprint density at radius 3 is 2.93 bits per heavy atom. The fraction of sp³-hybridized carbons (Fsp3) is 0.417. The second-order valence-electron chi connectivity index (χ2n) is 4.08. The zero-order valence-electron chi connectivity index (χ0n) is 8.53. The van der Waals surface area contributed by atoms with Crippen LogP contribution in [0.1, 0.15) is 30.4 Å². The molecular weight excluding hydrogens is 256 g/mol. The minimum atomic E-state index is -0.677. The normalized spacial score (nSPS) is 24.7. The lowest BCUT2D eigenvalue weighted by molar-refractivity contribution is -0.142. The van der Waals surface area contributed by atoms with E-state index in [2.05, 4.69) is 22.0 Å². The van der Waals surface area contributed by atoms with E-state index in [1.807, 2.05) is 19.1 Å². The highest BCUT2D eigenvalue weighted by atomic mass is 79.9. The number of carboxylic acid groups (broad SMARTS) is 1. The van der Waals surface area contributed by atoms with E-state index in [1.165, 1.54) is 11.1 Å². The quantitative estimate of drug-likeness (QED) is 0.850. The summed E-state index contributed by atoms with van der Waals surface area (Å²) in [5.74, 6) is -0.818. The van der Waals surface area contributed by atoms with Gasteiger partial charge in [-0.05, 0) is 36.0 Å². The van der Waals surface area contributed by atoms with Gasteiger partial charge in [0.2, 0.25) is 0 Å². The lowest BCUT2D eigenvalue weighted by atomic mass is 9.76. The number of hydrogen-bond donors (Lipinski definition) is 1. The predicted octanol–water partition coefficient (Wildman–Crippen LogP) is 3.20. The standard InChI is InChI=1S/C12H13BrO2/c1-7-9(12(14)15)6-5-8-3-2-4-10(13)11(7)8/h2-4,7,9H,5-6H2,1H3,(H,14,15). The fourth-order valence-electron chi connectivity index (χ4n) is 2.41. The van der Waals surface area contributed by atoms with E-state index < -0.39 is 5.97 Å². The van der Waals surface area contributed by atoms with Gasteiger partial charge in [-0.1, -0.05) is 35.0 Å². The summed E-state index contributed by atoms with van der Waals surface area (Å²) in [4.78, 5) is 11.1. The SMILES string of the molecule is CC1c2c(Br)cccc2CCC1C(=O)O. The van der Waals surface area contributed by atoms with Crippen LogP contribution in [0.5, 0.6) is 0 Å². The van der Waals surface area contributed by atoms with Gasteiger partial charge >= 0.3 is 5.97 Å². The van der Waals surface area contributed by atoms with Crippen molar-refractivity contribution in [1.29, 1.82) is 0 Å². The van der Waals surface area contributed by atoms with Crippen molar-refractivity contribution in [2.45, 2.75) is 25.7 Å². The van der Waals surface area contributed by atoms with Crippen molar-refractivity contribution < 1.29 is 9.90 Å². The van der Waals surface area contributed by atoms with E-state index in [-0.39, 0.29) is 11.8 Å². The summed E-state index contributed by atoms with van der Waals surface area (Å²) in [6.45, 7) is 2.00. The molecule has 1 aliphatic rings. The van der Waals surface area contributed by atoms with Crippen LogP contribution >= 0.6 is 15.9 Å². The molecule has 1 N–H and O–H groups in total. The topological polar surface area (TPSA) is 37.3 Å². The number of carboxylic acids is 1. The minimum absolute atomic E-state index is 0.0989. The van der Waals surface area contributed by atoms with Crippen molar-refractivity contribution >= 4 is 21.9 Å². The Hall–Kier alpha value is -0.830. The Kier molecular flexibility index (Phi) is 2.83. The van der Waals surface area contributed by atoms with Gasteiger partial charge in [-0.25, -0.2) is 0 Å². The second kappa shape index (κ2) is 3.97. The summed E-state index contributed by atoms with van der Waals surface area (Å²) in [6.07, 6.45) is 1.62. The number of aliphatic carboxylic acids is 1. The Morgan fingerprint density at radius 2 is 2.27 bits per heavy atom. The van der Waals surface area contributed by atoms with Gasteiger partial charge < -0.3 is 5.11 Å². The molecule has 2 atom stereocenters. The molecule has 2 unspecified atom stereocenters. The van der Waals surface area contributed by atoms with Crippen LogP contribution in [0.4, 0.5) is 0 Å². The fourth-order valence-corrected chi connectivity index (χ4v) is 3.18. The molecule has 1 aromatic carbocycles. The number of fused-ring (bicyclic) bond motifs is 1. The first-order valence-corrected chi connectivity index (χ1v) is 5.90. The second-order valence-corrected chi connectivity index (χ2v) is 4.94. The van der Waals surface area contributed by atoms with Crippen molar-refractivity contribution in [1.82, 2.24) is 0 Å². The molecule has 0 heterocycles. The smallest absolute Gasteiger partial charge is 0.307 e. The van der Waals surface area contributed by atoms with Gasteiger partial charge in [-0.15, -0.1) is 0 Å². The monoisotopic (exact) mass is 268 g/mol. The molecule has 1 aliphatic carbocycles. The first kappa shape index (κ1) is 10.7. The van der Waals surface area contributed by atoms with E-state index in [9.17, 15) is 4.79 Å². The van der Waals surface area contributed by atoms with Gasteiger partial charge in [0.25, 0.3) is 0 Å². The van der Waals surface area contributed by atoms with Crippen LogP contribution in [0.15, 0.2) is 22.7 Å².